The lowest BCUT2D eigenvalue weighted by Crippen LogP contribution is -2.56. The first-order valence-corrected chi connectivity index (χ1v) is 7.05. The Bertz CT molecular complexity index is 318. The van der Waals surface area contributed by atoms with Gasteiger partial charge in [-0.1, -0.05) is 6.42 Å². The number of likely N-dealkylation sites (tertiary alicyclic amines) is 1. The number of rotatable bonds is 1. The summed E-state index contributed by atoms with van der Waals surface area (Å²) in [6.45, 7) is 7.10. The van der Waals surface area contributed by atoms with Crippen LogP contribution in [0, 0.1) is 5.41 Å². The highest BCUT2D eigenvalue weighted by molar-refractivity contribution is 5.69. The quantitative estimate of drug-likeness (QED) is 0.782. The van der Waals surface area contributed by atoms with Gasteiger partial charge in [0, 0.05) is 19.1 Å². The molecule has 4 heteroatoms. The molecule has 2 fully saturated rings. The fraction of sp³-hybridized carbons (Fsp3) is 0.929. The van der Waals surface area contributed by atoms with E-state index in [0.29, 0.717) is 12.0 Å². The molecule has 1 atom stereocenters. The number of carbonyl (C=O) groups excluding carboxylic acids is 1. The Kier molecular flexibility index (Phi) is 3.58. The molecule has 0 radical (unpaired) electrons. The highest BCUT2D eigenvalue weighted by Gasteiger charge is 2.45. The number of carbonyl (C=O) groups is 1. The second-order valence-electron chi connectivity index (χ2n) is 6.89. The summed E-state index contributed by atoms with van der Waals surface area (Å²) in [6, 6.07) is 0.158. The maximum absolute atomic E-state index is 12.3. The average molecular weight is 254 g/mol. The minimum atomic E-state index is -0.430. The predicted molar refractivity (Wildman–Crippen MR) is 71.3 cm³/mol. The second kappa shape index (κ2) is 4.72. The van der Waals surface area contributed by atoms with Gasteiger partial charge in [-0.2, -0.15) is 0 Å². The third-order valence-electron chi connectivity index (χ3n) is 4.27. The molecule has 1 amide bonds. The van der Waals surface area contributed by atoms with Gasteiger partial charge in [-0.05, 0) is 51.9 Å². The first-order valence-electron chi connectivity index (χ1n) is 7.05. The Morgan fingerprint density at radius 3 is 2.50 bits per heavy atom. The normalized spacial score (nSPS) is 26.9. The van der Waals surface area contributed by atoms with Gasteiger partial charge in [-0.3, -0.25) is 0 Å². The van der Waals surface area contributed by atoms with Crippen molar-refractivity contribution in [2.24, 2.45) is 11.1 Å². The number of hydrogen-bond donors (Lipinski definition) is 1. The van der Waals surface area contributed by atoms with Crippen LogP contribution in [0.15, 0.2) is 0 Å². The fourth-order valence-corrected chi connectivity index (χ4v) is 3.06. The highest BCUT2D eigenvalue weighted by atomic mass is 16.6. The number of piperidine rings is 1. The largest absolute Gasteiger partial charge is 0.444 e. The second-order valence-corrected chi connectivity index (χ2v) is 6.89. The van der Waals surface area contributed by atoms with Gasteiger partial charge in [0.15, 0.2) is 0 Å². The molecule has 0 aromatic rings. The van der Waals surface area contributed by atoms with Crippen molar-refractivity contribution in [1.82, 2.24) is 4.90 Å². The zero-order chi connectivity index (χ0) is 13.4. The predicted octanol–water partition coefficient (Wildman–Crippen LogP) is 2.51. The zero-order valence-corrected chi connectivity index (χ0v) is 11.9. The molecule has 2 rings (SSSR count). The molecule has 1 heterocycles. The maximum atomic E-state index is 12.3. The number of amides is 1. The Morgan fingerprint density at radius 1 is 1.39 bits per heavy atom. The maximum Gasteiger partial charge on any atom is 0.410 e. The van der Waals surface area contributed by atoms with Crippen LogP contribution in [-0.2, 0) is 4.74 Å². The van der Waals surface area contributed by atoms with E-state index in [2.05, 4.69) is 0 Å². The molecule has 0 aromatic carbocycles. The standard InChI is InChI=1S/C14H26N2O2/c1-13(2,3)18-12(17)16-10-14(6-4-7-14)8-5-11(16)9-15/h11H,4-10,15H2,1-3H3/t11-/m1/s1. The summed E-state index contributed by atoms with van der Waals surface area (Å²) in [5.74, 6) is 0. The summed E-state index contributed by atoms with van der Waals surface area (Å²) in [5.41, 5.74) is 5.74. The van der Waals surface area contributed by atoms with Gasteiger partial charge in [0.25, 0.3) is 0 Å². The first kappa shape index (κ1) is 13.7. The highest BCUT2D eigenvalue weighted by Crippen LogP contribution is 2.48. The van der Waals surface area contributed by atoms with Crippen LogP contribution >= 0.6 is 0 Å². The molecule has 0 unspecified atom stereocenters. The molecule has 4 nitrogen and oxygen atoms in total. The molecule has 104 valence electrons. The molecule has 0 aromatic heterocycles. The lowest BCUT2D eigenvalue weighted by molar-refractivity contribution is -0.0337. The summed E-state index contributed by atoms with van der Waals surface area (Å²) in [7, 11) is 0. The Labute approximate surface area is 110 Å². The molecular formula is C14H26N2O2. The van der Waals surface area contributed by atoms with E-state index in [1.54, 1.807) is 0 Å². The van der Waals surface area contributed by atoms with Crippen molar-refractivity contribution in [3.05, 3.63) is 0 Å². The van der Waals surface area contributed by atoms with Crippen molar-refractivity contribution in [3.8, 4) is 0 Å². The molecule has 1 spiro atoms. The van der Waals surface area contributed by atoms with E-state index in [1.165, 1.54) is 25.7 Å². The van der Waals surface area contributed by atoms with Gasteiger partial charge < -0.3 is 15.4 Å². The van der Waals surface area contributed by atoms with Crippen LogP contribution in [0.1, 0.15) is 52.9 Å². The van der Waals surface area contributed by atoms with E-state index >= 15 is 0 Å². The minimum absolute atomic E-state index is 0.158. The van der Waals surface area contributed by atoms with Crippen molar-refractivity contribution in [2.45, 2.75) is 64.5 Å². The molecule has 1 saturated heterocycles. The van der Waals surface area contributed by atoms with Gasteiger partial charge in [-0.15, -0.1) is 0 Å². The van der Waals surface area contributed by atoms with E-state index in [9.17, 15) is 4.79 Å². The Morgan fingerprint density at radius 2 is 2.06 bits per heavy atom. The lowest BCUT2D eigenvalue weighted by atomic mass is 9.63. The molecule has 2 N–H and O–H groups in total. The molecule has 18 heavy (non-hydrogen) atoms. The number of hydrogen-bond acceptors (Lipinski definition) is 3. The average Bonchev–Trinajstić information content (AvgIpc) is 2.23. The van der Waals surface area contributed by atoms with Crippen LogP contribution in [0.25, 0.3) is 0 Å². The number of ether oxygens (including phenoxy) is 1. The molecule has 0 bridgehead atoms. The van der Waals surface area contributed by atoms with E-state index in [0.717, 1.165) is 13.0 Å². The third-order valence-corrected chi connectivity index (χ3v) is 4.27. The number of nitrogens with two attached hydrogens (primary N) is 1. The van der Waals surface area contributed by atoms with Gasteiger partial charge in [0.1, 0.15) is 5.60 Å². The minimum Gasteiger partial charge on any atom is -0.444 e. The van der Waals surface area contributed by atoms with E-state index in [-0.39, 0.29) is 12.1 Å². The van der Waals surface area contributed by atoms with Crippen LogP contribution in [0.3, 0.4) is 0 Å². The molecule has 2 aliphatic rings. The van der Waals surface area contributed by atoms with Crippen LogP contribution < -0.4 is 5.73 Å². The molecular weight excluding hydrogens is 228 g/mol. The van der Waals surface area contributed by atoms with Crippen molar-refractivity contribution in [2.75, 3.05) is 13.1 Å². The van der Waals surface area contributed by atoms with Crippen LogP contribution in [0.4, 0.5) is 4.79 Å². The summed E-state index contributed by atoms with van der Waals surface area (Å²) < 4.78 is 5.50. The van der Waals surface area contributed by atoms with Crippen LogP contribution in [0.5, 0.6) is 0 Å². The number of nitrogens with zero attached hydrogens (tertiary/aromatic N) is 1. The third kappa shape index (κ3) is 2.79. The van der Waals surface area contributed by atoms with E-state index in [4.69, 9.17) is 10.5 Å². The SMILES string of the molecule is CC(C)(C)OC(=O)N1CC2(CCC2)CC[C@@H]1CN. The topological polar surface area (TPSA) is 55.6 Å². The molecule has 1 aliphatic carbocycles. The lowest BCUT2D eigenvalue weighted by Gasteiger charge is -2.51. The summed E-state index contributed by atoms with van der Waals surface area (Å²) in [6.07, 6.45) is 5.86. The Hall–Kier alpha value is -0.770. The summed E-state index contributed by atoms with van der Waals surface area (Å²) >= 11 is 0. The van der Waals surface area contributed by atoms with Crippen LogP contribution in [0.2, 0.25) is 0 Å². The Balaban J connectivity index is 2.04. The van der Waals surface area contributed by atoms with Gasteiger partial charge in [0.05, 0.1) is 0 Å². The summed E-state index contributed by atoms with van der Waals surface area (Å²) in [4.78, 5) is 14.1. The fourth-order valence-electron chi connectivity index (χ4n) is 3.06. The smallest absolute Gasteiger partial charge is 0.410 e. The van der Waals surface area contributed by atoms with Gasteiger partial charge in [0.2, 0.25) is 0 Å². The van der Waals surface area contributed by atoms with Gasteiger partial charge >= 0.3 is 6.09 Å². The van der Waals surface area contributed by atoms with E-state index < -0.39 is 5.60 Å². The van der Waals surface area contributed by atoms with Crippen molar-refractivity contribution < 1.29 is 9.53 Å². The van der Waals surface area contributed by atoms with Crippen molar-refractivity contribution in [3.63, 3.8) is 0 Å². The van der Waals surface area contributed by atoms with Crippen molar-refractivity contribution in [1.29, 1.82) is 0 Å². The summed E-state index contributed by atoms with van der Waals surface area (Å²) in [5, 5.41) is 0. The van der Waals surface area contributed by atoms with Crippen LogP contribution in [-0.4, -0.2) is 35.7 Å². The zero-order valence-electron chi connectivity index (χ0n) is 11.9. The first-order chi connectivity index (χ1) is 8.35. The van der Waals surface area contributed by atoms with E-state index in [1.807, 2.05) is 25.7 Å². The van der Waals surface area contributed by atoms with Gasteiger partial charge in [-0.25, -0.2) is 4.79 Å². The van der Waals surface area contributed by atoms with Crippen molar-refractivity contribution >= 4 is 6.09 Å². The monoisotopic (exact) mass is 254 g/mol. The molecule has 1 aliphatic heterocycles. The molecule has 1 saturated carbocycles.